The SMILES string of the molecule is Bc1c(B)c(B)c2c(oc3cccc(B4OC(C)(C)C(C)(C)O4)c32)c1B. The van der Waals surface area contributed by atoms with Crippen molar-refractivity contribution >= 4 is 87.8 Å². The molecular formula is C18H23B5O3. The Morgan fingerprint density at radius 1 is 0.769 bits per heavy atom. The van der Waals surface area contributed by atoms with E-state index in [9.17, 15) is 0 Å². The van der Waals surface area contributed by atoms with Gasteiger partial charge in [-0.15, -0.1) is 5.46 Å². The lowest BCUT2D eigenvalue weighted by Crippen LogP contribution is -2.47. The first-order valence-corrected chi connectivity index (χ1v) is 9.32. The third-order valence-electron chi connectivity index (χ3n) is 6.66. The monoisotopic (exact) mass is 342 g/mol. The number of furan rings is 1. The summed E-state index contributed by atoms with van der Waals surface area (Å²) in [7, 11) is 8.28. The highest BCUT2D eigenvalue weighted by Crippen LogP contribution is 2.37. The minimum absolute atomic E-state index is 0.364. The zero-order chi connectivity index (χ0) is 19.0. The number of hydrogen-bond donors (Lipinski definition) is 0. The number of fused-ring (bicyclic) bond motifs is 3. The van der Waals surface area contributed by atoms with Gasteiger partial charge >= 0.3 is 7.12 Å². The first-order chi connectivity index (χ1) is 12.0. The van der Waals surface area contributed by atoms with E-state index in [0.29, 0.717) is 0 Å². The predicted octanol–water partition coefficient (Wildman–Crippen LogP) is -3.08. The molecule has 1 saturated heterocycles. The molecule has 0 unspecified atom stereocenters. The van der Waals surface area contributed by atoms with Crippen molar-refractivity contribution in [2.45, 2.75) is 38.9 Å². The van der Waals surface area contributed by atoms with Crippen LogP contribution in [0.1, 0.15) is 27.7 Å². The van der Waals surface area contributed by atoms with Crippen molar-refractivity contribution in [2.75, 3.05) is 0 Å². The van der Waals surface area contributed by atoms with Gasteiger partial charge in [0.05, 0.1) is 11.2 Å². The Bertz CT molecular complexity index is 1040. The fourth-order valence-corrected chi connectivity index (χ4v) is 3.88. The quantitative estimate of drug-likeness (QED) is 0.440. The first-order valence-electron chi connectivity index (χ1n) is 9.32. The molecular weight excluding hydrogens is 318 g/mol. The van der Waals surface area contributed by atoms with Gasteiger partial charge in [-0.05, 0) is 39.2 Å². The van der Waals surface area contributed by atoms with Crippen LogP contribution in [0.5, 0.6) is 0 Å². The zero-order valence-corrected chi connectivity index (χ0v) is 17.0. The number of benzene rings is 2. The predicted molar refractivity (Wildman–Crippen MR) is 122 cm³/mol. The van der Waals surface area contributed by atoms with Crippen LogP contribution in [0.15, 0.2) is 22.6 Å². The Balaban J connectivity index is 2.04. The molecule has 8 heteroatoms. The summed E-state index contributed by atoms with van der Waals surface area (Å²) in [5.41, 5.74) is 7.28. The summed E-state index contributed by atoms with van der Waals surface area (Å²) >= 11 is 0. The van der Waals surface area contributed by atoms with Crippen LogP contribution in [0.3, 0.4) is 0 Å². The van der Waals surface area contributed by atoms with Gasteiger partial charge in [0.2, 0.25) is 0 Å². The van der Waals surface area contributed by atoms with Crippen LogP contribution >= 0.6 is 0 Å². The first kappa shape index (κ1) is 17.9. The zero-order valence-electron chi connectivity index (χ0n) is 17.0. The Kier molecular flexibility index (Phi) is 3.78. The van der Waals surface area contributed by atoms with Crippen molar-refractivity contribution in [2.24, 2.45) is 0 Å². The van der Waals surface area contributed by atoms with Gasteiger partial charge in [0, 0.05) is 10.8 Å². The van der Waals surface area contributed by atoms with Crippen LogP contribution in [0, 0.1) is 0 Å². The van der Waals surface area contributed by atoms with E-state index in [0.717, 1.165) is 22.0 Å². The van der Waals surface area contributed by atoms with E-state index in [-0.39, 0.29) is 11.2 Å². The number of hydrogen-bond acceptors (Lipinski definition) is 3. The van der Waals surface area contributed by atoms with Gasteiger partial charge in [-0.3, -0.25) is 0 Å². The fraction of sp³-hybridized carbons (Fsp3) is 0.333. The van der Waals surface area contributed by atoms with Crippen LogP contribution in [-0.4, -0.2) is 49.7 Å². The lowest BCUT2D eigenvalue weighted by atomic mass is 9.65. The van der Waals surface area contributed by atoms with E-state index < -0.39 is 7.12 Å². The summed E-state index contributed by atoms with van der Waals surface area (Å²) < 4.78 is 19.0. The molecule has 2 heterocycles. The summed E-state index contributed by atoms with van der Waals surface area (Å²) in [5.74, 6) is 0. The molecule has 4 rings (SSSR count). The molecule has 0 saturated carbocycles. The Morgan fingerprint density at radius 3 is 1.96 bits per heavy atom. The highest BCUT2D eigenvalue weighted by atomic mass is 16.7. The fourth-order valence-electron chi connectivity index (χ4n) is 3.88. The van der Waals surface area contributed by atoms with E-state index in [2.05, 4.69) is 65.1 Å². The Morgan fingerprint density at radius 2 is 1.35 bits per heavy atom. The minimum atomic E-state index is -0.397. The van der Waals surface area contributed by atoms with Crippen LogP contribution in [0.25, 0.3) is 21.9 Å². The molecule has 0 N–H and O–H groups in total. The molecule has 1 aliphatic heterocycles. The molecule has 0 bridgehead atoms. The molecule has 0 radical (unpaired) electrons. The standard InChI is InChI=1S/C18H23B5O3/c1-17(2)18(3,4)26-23(25-17)8-6-5-7-9-10(8)11-12(19)13(20)14(21)15(22)16(11)24-9/h5-7H,19-22H2,1-4H3. The van der Waals surface area contributed by atoms with Crippen LogP contribution in [-0.2, 0) is 9.31 Å². The summed E-state index contributed by atoms with van der Waals surface area (Å²) in [5, 5.41) is 2.30. The van der Waals surface area contributed by atoms with Gasteiger partial charge in [0.25, 0.3) is 0 Å². The number of rotatable bonds is 1. The van der Waals surface area contributed by atoms with Crippen molar-refractivity contribution in [3.63, 3.8) is 0 Å². The second-order valence-electron chi connectivity index (χ2n) is 8.61. The molecule has 0 aliphatic carbocycles. The summed E-state index contributed by atoms with van der Waals surface area (Å²) in [6, 6.07) is 6.16. The molecule has 2 aromatic carbocycles. The molecule has 1 aliphatic rings. The topological polar surface area (TPSA) is 31.6 Å². The average Bonchev–Trinajstić information content (AvgIpc) is 3.05. The van der Waals surface area contributed by atoms with Gasteiger partial charge in [-0.25, -0.2) is 0 Å². The molecule has 0 amide bonds. The van der Waals surface area contributed by atoms with Crippen LogP contribution in [0.2, 0.25) is 0 Å². The molecule has 1 fully saturated rings. The third-order valence-corrected chi connectivity index (χ3v) is 6.66. The van der Waals surface area contributed by atoms with Crippen LogP contribution in [0.4, 0.5) is 0 Å². The highest BCUT2D eigenvalue weighted by Gasteiger charge is 2.52. The lowest BCUT2D eigenvalue weighted by molar-refractivity contribution is 0.00578. The van der Waals surface area contributed by atoms with Crippen molar-refractivity contribution < 1.29 is 13.7 Å². The van der Waals surface area contributed by atoms with Crippen LogP contribution < -0.4 is 27.3 Å². The van der Waals surface area contributed by atoms with Gasteiger partial charge in [-0.1, -0.05) is 28.5 Å². The van der Waals surface area contributed by atoms with E-state index in [1.807, 2.05) is 12.1 Å². The minimum Gasteiger partial charge on any atom is -0.457 e. The second-order valence-corrected chi connectivity index (χ2v) is 8.61. The average molecular weight is 341 g/mol. The summed E-state index contributed by atoms with van der Waals surface area (Å²) in [6.07, 6.45) is 0. The molecule has 0 atom stereocenters. The molecule has 3 nitrogen and oxygen atoms in total. The van der Waals surface area contributed by atoms with E-state index in [1.54, 1.807) is 0 Å². The smallest absolute Gasteiger partial charge is 0.457 e. The van der Waals surface area contributed by atoms with Gasteiger partial charge in [-0.2, -0.15) is 0 Å². The van der Waals surface area contributed by atoms with Crippen molar-refractivity contribution in [1.82, 2.24) is 0 Å². The van der Waals surface area contributed by atoms with E-state index in [1.165, 1.54) is 27.2 Å². The van der Waals surface area contributed by atoms with Crippen molar-refractivity contribution in [3.8, 4) is 0 Å². The maximum Gasteiger partial charge on any atom is 0.495 e. The Hall–Kier alpha value is -1.52. The van der Waals surface area contributed by atoms with E-state index in [4.69, 9.17) is 13.7 Å². The van der Waals surface area contributed by atoms with Crippen molar-refractivity contribution in [3.05, 3.63) is 18.2 Å². The maximum atomic E-state index is 6.34. The molecule has 26 heavy (non-hydrogen) atoms. The molecule has 3 aromatic rings. The van der Waals surface area contributed by atoms with E-state index >= 15 is 0 Å². The maximum absolute atomic E-state index is 6.34. The Labute approximate surface area is 158 Å². The summed E-state index contributed by atoms with van der Waals surface area (Å²) in [6.45, 7) is 8.35. The van der Waals surface area contributed by atoms with Gasteiger partial charge in [0.15, 0.2) is 0 Å². The van der Waals surface area contributed by atoms with Gasteiger partial charge in [0.1, 0.15) is 42.6 Å². The van der Waals surface area contributed by atoms with Gasteiger partial charge < -0.3 is 13.7 Å². The van der Waals surface area contributed by atoms with Crippen molar-refractivity contribution in [1.29, 1.82) is 0 Å². The third kappa shape index (κ3) is 2.28. The second kappa shape index (κ2) is 5.49. The molecule has 1 aromatic heterocycles. The highest BCUT2D eigenvalue weighted by molar-refractivity contribution is 6.70. The molecule has 0 spiro atoms. The largest absolute Gasteiger partial charge is 0.495 e. The summed E-state index contributed by atoms with van der Waals surface area (Å²) in [4.78, 5) is 0. The lowest BCUT2D eigenvalue weighted by Gasteiger charge is -2.32. The molecule has 128 valence electrons. The normalized spacial score (nSPS) is 18.8.